The van der Waals surface area contributed by atoms with Gasteiger partial charge in [-0.25, -0.2) is 4.98 Å². The second-order valence-electron chi connectivity index (χ2n) is 6.35. The van der Waals surface area contributed by atoms with Gasteiger partial charge in [0.05, 0.1) is 17.6 Å². The number of aromatic amines is 1. The average molecular weight is 363 g/mol. The number of carbonyl (C=O) groups excluding carboxylic acids is 1. The van der Waals surface area contributed by atoms with Gasteiger partial charge in [-0.3, -0.25) is 4.79 Å². The number of nitrogens with one attached hydrogen (secondary N) is 2. The fraction of sp³-hybridized carbons (Fsp3) is 0.273. The second kappa shape index (κ2) is 9.57. The zero-order chi connectivity index (χ0) is 18.9. The SMILES string of the molecule is CCCCOc1ccc(C=CC(=O)NCCc2nc3ccccc3[nH]2)cc1. The lowest BCUT2D eigenvalue weighted by Crippen LogP contribution is -2.23. The molecule has 0 spiro atoms. The van der Waals surface area contributed by atoms with Crippen molar-refractivity contribution in [2.45, 2.75) is 26.2 Å². The van der Waals surface area contributed by atoms with Crippen molar-refractivity contribution in [2.75, 3.05) is 13.2 Å². The van der Waals surface area contributed by atoms with Gasteiger partial charge in [0, 0.05) is 19.0 Å². The molecule has 0 saturated heterocycles. The van der Waals surface area contributed by atoms with E-state index in [9.17, 15) is 4.79 Å². The number of benzene rings is 2. The molecule has 3 aromatic rings. The van der Waals surface area contributed by atoms with Crippen LogP contribution in [-0.2, 0) is 11.2 Å². The number of rotatable bonds is 9. The zero-order valence-corrected chi connectivity index (χ0v) is 15.6. The van der Waals surface area contributed by atoms with Gasteiger partial charge in [-0.05, 0) is 42.3 Å². The molecule has 2 N–H and O–H groups in total. The predicted octanol–water partition coefficient (Wildman–Crippen LogP) is 4.11. The number of para-hydroxylation sites is 2. The van der Waals surface area contributed by atoms with Crippen molar-refractivity contribution < 1.29 is 9.53 Å². The molecule has 0 radical (unpaired) electrons. The Balaban J connectivity index is 1.43. The summed E-state index contributed by atoms with van der Waals surface area (Å²) in [5.74, 6) is 1.62. The zero-order valence-electron chi connectivity index (χ0n) is 15.6. The molecule has 0 aliphatic carbocycles. The van der Waals surface area contributed by atoms with Crippen molar-refractivity contribution in [1.82, 2.24) is 15.3 Å². The number of H-pyrrole nitrogens is 1. The average Bonchev–Trinajstić information content (AvgIpc) is 3.10. The van der Waals surface area contributed by atoms with E-state index < -0.39 is 0 Å². The molecule has 0 fully saturated rings. The van der Waals surface area contributed by atoms with Crippen LogP contribution >= 0.6 is 0 Å². The number of imidazole rings is 1. The minimum Gasteiger partial charge on any atom is -0.494 e. The van der Waals surface area contributed by atoms with Crippen molar-refractivity contribution >= 4 is 23.0 Å². The summed E-state index contributed by atoms with van der Waals surface area (Å²) in [6.45, 7) is 3.41. The van der Waals surface area contributed by atoms with E-state index in [4.69, 9.17) is 4.74 Å². The quantitative estimate of drug-likeness (QED) is 0.444. The van der Waals surface area contributed by atoms with E-state index in [1.54, 1.807) is 12.2 Å². The first-order chi connectivity index (χ1) is 13.2. The van der Waals surface area contributed by atoms with Gasteiger partial charge < -0.3 is 15.0 Å². The fourth-order valence-corrected chi connectivity index (χ4v) is 2.67. The Kier molecular flexibility index (Phi) is 6.63. The minimum absolute atomic E-state index is 0.116. The molecule has 1 aromatic heterocycles. The van der Waals surface area contributed by atoms with Gasteiger partial charge in [-0.2, -0.15) is 0 Å². The van der Waals surface area contributed by atoms with Crippen molar-refractivity contribution in [1.29, 1.82) is 0 Å². The molecule has 0 unspecified atom stereocenters. The predicted molar refractivity (Wildman–Crippen MR) is 109 cm³/mol. The van der Waals surface area contributed by atoms with Crippen LogP contribution in [0.3, 0.4) is 0 Å². The van der Waals surface area contributed by atoms with Crippen LogP contribution in [0.15, 0.2) is 54.6 Å². The molecule has 1 heterocycles. The van der Waals surface area contributed by atoms with E-state index in [1.165, 1.54) is 0 Å². The van der Waals surface area contributed by atoms with E-state index in [0.717, 1.165) is 47.6 Å². The standard InChI is InChI=1S/C22H25N3O2/c1-2-3-16-27-18-11-8-17(9-12-18)10-13-22(26)23-15-14-21-24-19-6-4-5-7-20(19)25-21/h4-13H,2-3,14-16H2,1H3,(H,23,26)(H,24,25). The topological polar surface area (TPSA) is 67.0 Å². The Labute approximate surface area is 159 Å². The van der Waals surface area contributed by atoms with Gasteiger partial charge >= 0.3 is 0 Å². The molecule has 5 heteroatoms. The monoisotopic (exact) mass is 363 g/mol. The van der Waals surface area contributed by atoms with Crippen LogP contribution in [0.25, 0.3) is 17.1 Å². The molecule has 0 atom stereocenters. The number of amides is 1. The van der Waals surface area contributed by atoms with Crippen molar-refractivity contribution in [2.24, 2.45) is 0 Å². The highest BCUT2D eigenvalue weighted by molar-refractivity contribution is 5.91. The van der Waals surface area contributed by atoms with Crippen molar-refractivity contribution in [3.8, 4) is 5.75 Å². The fourth-order valence-electron chi connectivity index (χ4n) is 2.67. The molecule has 27 heavy (non-hydrogen) atoms. The highest BCUT2D eigenvalue weighted by Gasteiger charge is 2.02. The van der Waals surface area contributed by atoms with Crippen LogP contribution in [0.4, 0.5) is 0 Å². The molecule has 0 saturated carbocycles. The van der Waals surface area contributed by atoms with Crippen LogP contribution in [-0.4, -0.2) is 29.0 Å². The third-order valence-electron chi connectivity index (χ3n) is 4.17. The molecule has 0 bridgehead atoms. The van der Waals surface area contributed by atoms with Gasteiger partial charge in [0.2, 0.25) is 5.91 Å². The molecular weight excluding hydrogens is 338 g/mol. The smallest absolute Gasteiger partial charge is 0.244 e. The van der Waals surface area contributed by atoms with Gasteiger partial charge in [0.15, 0.2) is 0 Å². The first-order valence-electron chi connectivity index (χ1n) is 9.37. The maximum absolute atomic E-state index is 12.0. The third kappa shape index (κ3) is 5.71. The van der Waals surface area contributed by atoms with Gasteiger partial charge in [-0.15, -0.1) is 0 Å². The van der Waals surface area contributed by atoms with Crippen LogP contribution in [0.5, 0.6) is 5.75 Å². The summed E-state index contributed by atoms with van der Waals surface area (Å²) < 4.78 is 5.63. The van der Waals surface area contributed by atoms with Crippen LogP contribution in [0, 0.1) is 0 Å². The number of hydrogen-bond donors (Lipinski definition) is 2. The van der Waals surface area contributed by atoms with E-state index in [-0.39, 0.29) is 5.91 Å². The van der Waals surface area contributed by atoms with E-state index in [0.29, 0.717) is 13.0 Å². The number of ether oxygens (including phenoxy) is 1. The van der Waals surface area contributed by atoms with E-state index in [2.05, 4.69) is 22.2 Å². The number of unbranched alkanes of at least 4 members (excludes halogenated alkanes) is 1. The molecule has 140 valence electrons. The second-order valence-corrected chi connectivity index (χ2v) is 6.35. The largest absolute Gasteiger partial charge is 0.494 e. The normalized spacial score (nSPS) is 11.1. The highest BCUT2D eigenvalue weighted by Crippen LogP contribution is 2.14. The van der Waals surface area contributed by atoms with Gasteiger partial charge in [-0.1, -0.05) is 37.6 Å². The lowest BCUT2D eigenvalue weighted by atomic mass is 10.2. The third-order valence-corrected chi connectivity index (χ3v) is 4.17. The summed E-state index contributed by atoms with van der Waals surface area (Å²) in [6, 6.07) is 15.6. The van der Waals surface area contributed by atoms with Crippen molar-refractivity contribution in [3.63, 3.8) is 0 Å². The number of nitrogens with zero attached hydrogens (tertiary/aromatic N) is 1. The summed E-state index contributed by atoms with van der Waals surface area (Å²) in [5.41, 5.74) is 2.92. The highest BCUT2D eigenvalue weighted by atomic mass is 16.5. The summed E-state index contributed by atoms with van der Waals surface area (Å²) >= 11 is 0. The maximum Gasteiger partial charge on any atom is 0.244 e. The van der Waals surface area contributed by atoms with Gasteiger partial charge in [0.1, 0.15) is 11.6 Å². The molecule has 5 nitrogen and oxygen atoms in total. The summed E-state index contributed by atoms with van der Waals surface area (Å²) in [4.78, 5) is 19.7. The van der Waals surface area contributed by atoms with Crippen LogP contribution in [0.1, 0.15) is 31.2 Å². The first kappa shape index (κ1) is 18.7. The Morgan fingerprint density at radius 3 is 2.78 bits per heavy atom. The summed E-state index contributed by atoms with van der Waals surface area (Å²) in [5, 5.41) is 2.88. The molecule has 0 aliphatic heterocycles. The first-order valence-corrected chi connectivity index (χ1v) is 9.37. The molecule has 1 amide bonds. The lowest BCUT2D eigenvalue weighted by molar-refractivity contribution is -0.116. The molecule has 0 aliphatic rings. The number of hydrogen-bond acceptors (Lipinski definition) is 3. The minimum atomic E-state index is -0.116. The van der Waals surface area contributed by atoms with Crippen LogP contribution in [0.2, 0.25) is 0 Å². The van der Waals surface area contributed by atoms with Crippen molar-refractivity contribution in [3.05, 3.63) is 66.0 Å². The Hall–Kier alpha value is -3.08. The Bertz CT molecular complexity index is 864. The number of aromatic nitrogens is 2. The molecule has 2 aromatic carbocycles. The van der Waals surface area contributed by atoms with Crippen LogP contribution < -0.4 is 10.1 Å². The number of fused-ring (bicyclic) bond motifs is 1. The van der Waals surface area contributed by atoms with Gasteiger partial charge in [0.25, 0.3) is 0 Å². The van der Waals surface area contributed by atoms with E-state index in [1.807, 2.05) is 48.5 Å². The lowest BCUT2D eigenvalue weighted by Gasteiger charge is -2.05. The van der Waals surface area contributed by atoms with E-state index >= 15 is 0 Å². The Morgan fingerprint density at radius 2 is 2.00 bits per heavy atom. The summed E-state index contributed by atoms with van der Waals surface area (Å²) in [6.07, 6.45) is 6.18. The summed E-state index contributed by atoms with van der Waals surface area (Å²) in [7, 11) is 0. The number of carbonyl (C=O) groups is 1. The molecule has 3 rings (SSSR count). The Morgan fingerprint density at radius 1 is 1.19 bits per heavy atom. The molecular formula is C22H25N3O2. The maximum atomic E-state index is 12.0.